The molecule has 0 radical (unpaired) electrons. The van der Waals surface area contributed by atoms with Crippen LogP contribution in [0.3, 0.4) is 0 Å². The van der Waals surface area contributed by atoms with Gasteiger partial charge < -0.3 is 10.4 Å². The van der Waals surface area contributed by atoms with E-state index in [1.165, 1.54) is 11.1 Å². The molecule has 4 rings (SSSR count). The SMILES string of the molecule is O=C(CC1CCc2ccccc21)N[C@@H]1[C@H]2CC[C@H](C2)[C@@H]1C(=O)O. The van der Waals surface area contributed by atoms with Gasteiger partial charge in [0.1, 0.15) is 0 Å². The number of amides is 1. The first-order valence-corrected chi connectivity index (χ1v) is 8.73. The molecule has 2 saturated carbocycles. The van der Waals surface area contributed by atoms with Crippen LogP contribution in [0.5, 0.6) is 0 Å². The smallest absolute Gasteiger partial charge is 0.308 e. The zero-order valence-corrected chi connectivity index (χ0v) is 13.2. The predicted molar refractivity (Wildman–Crippen MR) is 86.0 cm³/mol. The summed E-state index contributed by atoms with van der Waals surface area (Å²) in [7, 11) is 0. The summed E-state index contributed by atoms with van der Waals surface area (Å²) in [6, 6.07) is 8.19. The van der Waals surface area contributed by atoms with Crippen LogP contribution >= 0.6 is 0 Å². The zero-order chi connectivity index (χ0) is 16.0. The van der Waals surface area contributed by atoms with E-state index >= 15 is 0 Å². The molecule has 4 heteroatoms. The van der Waals surface area contributed by atoms with Crippen LogP contribution in [0.4, 0.5) is 0 Å². The van der Waals surface area contributed by atoms with E-state index in [-0.39, 0.29) is 29.7 Å². The number of rotatable bonds is 4. The Bertz CT molecular complexity index is 641. The highest BCUT2D eigenvalue weighted by Crippen LogP contribution is 2.48. The van der Waals surface area contributed by atoms with Gasteiger partial charge in [-0.1, -0.05) is 24.3 Å². The number of aryl methyl sites for hydroxylation is 1. The topological polar surface area (TPSA) is 66.4 Å². The van der Waals surface area contributed by atoms with Gasteiger partial charge in [0.15, 0.2) is 0 Å². The van der Waals surface area contributed by atoms with Crippen molar-refractivity contribution < 1.29 is 14.7 Å². The van der Waals surface area contributed by atoms with Gasteiger partial charge >= 0.3 is 5.97 Å². The van der Waals surface area contributed by atoms with E-state index in [2.05, 4.69) is 17.4 Å². The predicted octanol–water partition coefficient (Wildman–Crippen LogP) is 2.72. The van der Waals surface area contributed by atoms with Gasteiger partial charge in [0, 0.05) is 12.5 Å². The Morgan fingerprint density at radius 2 is 1.91 bits per heavy atom. The molecule has 0 aromatic heterocycles. The average molecular weight is 313 g/mol. The largest absolute Gasteiger partial charge is 0.481 e. The van der Waals surface area contributed by atoms with Gasteiger partial charge in [0.25, 0.3) is 0 Å². The highest BCUT2D eigenvalue weighted by Gasteiger charge is 2.51. The van der Waals surface area contributed by atoms with E-state index in [0.717, 1.165) is 32.1 Å². The first-order valence-electron chi connectivity index (χ1n) is 8.73. The summed E-state index contributed by atoms with van der Waals surface area (Å²) in [6.07, 6.45) is 5.58. The minimum atomic E-state index is -0.742. The normalized spacial score (nSPS) is 34.3. The first kappa shape index (κ1) is 14.7. The van der Waals surface area contributed by atoms with E-state index in [1.54, 1.807) is 0 Å². The summed E-state index contributed by atoms with van der Waals surface area (Å²) in [5, 5.41) is 12.6. The van der Waals surface area contributed by atoms with Crippen molar-refractivity contribution in [1.29, 1.82) is 0 Å². The van der Waals surface area contributed by atoms with Gasteiger partial charge in [0.2, 0.25) is 5.91 Å². The summed E-state index contributed by atoms with van der Waals surface area (Å²) in [4.78, 5) is 24.0. The fourth-order valence-electron chi connectivity index (χ4n) is 5.18. The van der Waals surface area contributed by atoms with E-state index in [0.29, 0.717) is 12.3 Å². The lowest BCUT2D eigenvalue weighted by Crippen LogP contribution is -2.47. The minimum absolute atomic E-state index is 0.0236. The number of carboxylic acids is 1. The van der Waals surface area contributed by atoms with E-state index in [9.17, 15) is 14.7 Å². The molecular formula is C19H23NO3. The summed E-state index contributed by atoms with van der Waals surface area (Å²) < 4.78 is 0. The lowest BCUT2D eigenvalue weighted by molar-refractivity contribution is -0.144. The number of nitrogens with one attached hydrogen (secondary N) is 1. The van der Waals surface area contributed by atoms with Crippen molar-refractivity contribution in [3.05, 3.63) is 35.4 Å². The van der Waals surface area contributed by atoms with Crippen LogP contribution < -0.4 is 5.32 Å². The maximum absolute atomic E-state index is 12.5. The molecule has 3 aliphatic carbocycles. The van der Waals surface area contributed by atoms with Gasteiger partial charge in [-0.15, -0.1) is 0 Å². The molecule has 2 N–H and O–H groups in total. The molecule has 2 fully saturated rings. The quantitative estimate of drug-likeness (QED) is 0.898. The van der Waals surface area contributed by atoms with Gasteiger partial charge in [0.05, 0.1) is 5.92 Å². The van der Waals surface area contributed by atoms with Crippen molar-refractivity contribution in [3.63, 3.8) is 0 Å². The monoisotopic (exact) mass is 313 g/mol. The summed E-state index contributed by atoms with van der Waals surface area (Å²) in [6.45, 7) is 0. The lowest BCUT2D eigenvalue weighted by atomic mass is 9.84. The Balaban J connectivity index is 1.42. The summed E-state index contributed by atoms with van der Waals surface area (Å²) in [5.74, 6) is -0.193. The number of aliphatic carboxylic acids is 1. The second kappa shape index (κ2) is 5.66. The van der Waals surface area contributed by atoms with Crippen molar-refractivity contribution >= 4 is 11.9 Å². The molecule has 1 amide bonds. The van der Waals surface area contributed by atoms with Gasteiger partial charge in [-0.05, 0) is 61.0 Å². The molecule has 4 nitrogen and oxygen atoms in total. The van der Waals surface area contributed by atoms with Gasteiger partial charge in [-0.25, -0.2) is 0 Å². The summed E-state index contributed by atoms with van der Waals surface area (Å²) >= 11 is 0. The standard InChI is InChI=1S/C19H23NO3/c21-16(10-12-6-5-11-3-1-2-4-15(11)12)20-18-14-8-7-13(9-14)17(18)19(22)23/h1-4,12-14,17-18H,5-10H2,(H,20,21)(H,22,23)/t12?,13-,14+,17+,18-/m1/s1. The van der Waals surface area contributed by atoms with Crippen molar-refractivity contribution in [2.24, 2.45) is 17.8 Å². The van der Waals surface area contributed by atoms with Crippen LogP contribution in [0.1, 0.15) is 49.1 Å². The average Bonchev–Trinajstić information content (AvgIpc) is 3.22. The third kappa shape index (κ3) is 2.54. The zero-order valence-electron chi connectivity index (χ0n) is 13.2. The van der Waals surface area contributed by atoms with Crippen LogP contribution in [0.15, 0.2) is 24.3 Å². The first-order chi connectivity index (χ1) is 11.1. The molecular weight excluding hydrogens is 290 g/mol. The van der Waals surface area contributed by atoms with Crippen molar-refractivity contribution in [2.75, 3.05) is 0 Å². The van der Waals surface area contributed by atoms with Crippen molar-refractivity contribution in [2.45, 2.75) is 50.5 Å². The van der Waals surface area contributed by atoms with Crippen molar-refractivity contribution in [1.82, 2.24) is 5.32 Å². The third-order valence-corrected chi connectivity index (χ3v) is 6.22. The Labute approximate surface area is 136 Å². The molecule has 23 heavy (non-hydrogen) atoms. The molecule has 1 aromatic carbocycles. The maximum Gasteiger partial charge on any atom is 0.308 e. The molecule has 2 bridgehead atoms. The number of hydrogen-bond donors (Lipinski definition) is 2. The maximum atomic E-state index is 12.5. The van der Waals surface area contributed by atoms with Gasteiger partial charge in [-0.2, -0.15) is 0 Å². The fourth-order valence-corrected chi connectivity index (χ4v) is 5.18. The molecule has 1 aromatic rings. The van der Waals surface area contributed by atoms with Gasteiger partial charge in [-0.3, -0.25) is 9.59 Å². The van der Waals surface area contributed by atoms with Crippen LogP contribution in [0, 0.1) is 17.8 Å². The van der Waals surface area contributed by atoms with E-state index < -0.39 is 5.97 Å². The number of carbonyl (C=O) groups excluding carboxylic acids is 1. The van der Waals surface area contributed by atoms with E-state index in [4.69, 9.17) is 0 Å². The number of benzene rings is 1. The highest BCUT2D eigenvalue weighted by atomic mass is 16.4. The fraction of sp³-hybridized carbons (Fsp3) is 0.579. The van der Waals surface area contributed by atoms with Crippen LogP contribution in [0.2, 0.25) is 0 Å². The number of carboxylic acid groups (broad SMARTS) is 1. The number of hydrogen-bond acceptors (Lipinski definition) is 2. The summed E-state index contributed by atoms with van der Waals surface area (Å²) in [5.41, 5.74) is 2.65. The Hall–Kier alpha value is -1.84. The number of carbonyl (C=O) groups is 2. The molecule has 0 heterocycles. The van der Waals surface area contributed by atoms with E-state index in [1.807, 2.05) is 12.1 Å². The molecule has 122 valence electrons. The molecule has 1 unspecified atom stereocenters. The van der Waals surface area contributed by atoms with Crippen LogP contribution in [0.25, 0.3) is 0 Å². The van der Waals surface area contributed by atoms with Crippen LogP contribution in [-0.4, -0.2) is 23.0 Å². The molecule has 3 aliphatic rings. The molecule has 0 saturated heterocycles. The number of fused-ring (bicyclic) bond motifs is 3. The molecule has 5 atom stereocenters. The van der Waals surface area contributed by atoms with Crippen LogP contribution in [-0.2, 0) is 16.0 Å². The lowest BCUT2D eigenvalue weighted by Gasteiger charge is -2.29. The second-order valence-electron chi connectivity index (χ2n) is 7.43. The Morgan fingerprint density at radius 3 is 2.74 bits per heavy atom. The highest BCUT2D eigenvalue weighted by molar-refractivity contribution is 5.79. The molecule has 0 aliphatic heterocycles. The molecule has 0 spiro atoms. The third-order valence-electron chi connectivity index (χ3n) is 6.22. The van der Waals surface area contributed by atoms with Crippen molar-refractivity contribution in [3.8, 4) is 0 Å². The Morgan fingerprint density at radius 1 is 1.13 bits per heavy atom. The second-order valence-corrected chi connectivity index (χ2v) is 7.43. The Kier molecular flexibility index (Phi) is 3.63. The minimum Gasteiger partial charge on any atom is -0.481 e.